The zero-order valence-corrected chi connectivity index (χ0v) is 9.54. The van der Waals surface area contributed by atoms with E-state index in [9.17, 15) is 13.2 Å². The maximum Gasteiger partial charge on any atom is 0.264 e. The number of carbonyl (C=O) groups excluding carboxylic acids is 1. The van der Waals surface area contributed by atoms with Gasteiger partial charge in [-0.2, -0.15) is 8.42 Å². The molecule has 1 atom stereocenters. The topological polar surface area (TPSA) is 109 Å². The Kier molecular flexibility index (Phi) is 4.37. The molecule has 0 rings (SSSR count). The van der Waals surface area contributed by atoms with E-state index in [1.54, 1.807) is 13.8 Å². The predicted molar refractivity (Wildman–Crippen MR) is 56.9 cm³/mol. The molecule has 0 aromatic heterocycles. The van der Waals surface area contributed by atoms with Crippen molar-refractivity contribution in [1.82, 2.24) is 5.32 Å². The van der Waals surface area contributed by atoms with E-state index in [0.717, 1.165) is 0 Å². The molecular formula is C8H18N2O4S. The van der Waals surface area contributed by atoms with Crippen LogP contribution in [0.25, 0.3) is 0 Å². The van der Waals surface area contributed by atoms with Gasteiger partial charge in [0.05, 0.1) is 11.8 Å². The second kappa shape index (κ2) is 6.04. The summed E-state index contributed by atoms with van der Waals surface area (Å²) in [5.74, 6) is -1.62. The van der Waals surface area contributed by atoms with Crippen molar-refractivity contribution in [2.24, 2.45) is 11.7 Å². The normalized spacial score (nSPS) is 16.9. The Hall–Kier alpha value is -0.660. The maximum absolute atomic E-state index is 11.4. The molecule has 15 heavy (non-hydrogen) atoms. The SMILES string of the molecule is [2H]C([2H])(CCS(=O)(=O)O)N[13C](=[18O])[C@@H](N)C(C)C. The number of amides is 1. The van der Waals surface area contributed by atoms with Crippen LogP contribution in [-0.2, 0) is 14.9 Å². The van der Waals surface area contributed by atoms with E-state index in [0.29, 0.717) is 0 Å². The molecule has 0 unspecified atom stereocenters. The van der Waals surface area contributed by atoms with Crippen molar-refractivity contribution in [3.05, 3.63) is 0 Å². The maximum atomic E-state index is 11.4. The van der Waals surface area contributed by atoms with Crippen molar-refractivity contribution < 1.29 is 20.5 Å². The van der Waals surface area contributed by atoms with E-state index in [4.69, 9.17) is 13.0 Å². The molecule has 7 heteroatoms. The van der Waals surface area contributed by atoms with E-state index in [-0.39, 0.29) is 5.92 Å². The van der Waals surface area contributed by atoms with Crippen LogP contribution in [0, 0.1) is 5.92 Å². The molecule has 90 valence electrons. The Morgan fingerprint density at radius 3 is 2.60 bits per heavy atom. The van der Waals surface area contributed by atoms with Gasteiger partial charge in [-0.25, -0.2) is 0 Å². The number of rotatable bonds is 6. The lowest BCUT2D eigenvalue weighted by Crippen LogP contribution is -2.44. The summed E-state index contributed by atoms with van der Waals surface area (Å²) in [4.78, 5) is 11.4. The van der Waals surface area contributed by atoms with Crippen LogP contribution in [0.2, 0.25) is 0 Å². The van der Waals surface area contributed by atoms with Crippen molar-refractivity contribution in [2.75, 3.05) is 12.2 Å². The van der Waals surface area contributed by atoms with Gasteiger partial charge in [-0.05, 0) is 12.3 Å². The first-order valence-corrected chi connectivity index (χ1v) is 6.08. The Balaban J connectivity index is 4.40. The van der Waals surface area contributed by atoms with Gasteiger partial charge in [-0.3, -0.25) is 9.35 Å². The Morgan fingerprint density at radius 1 is 1.67 bits per heavy atom. The molecule has 0 aromatic carbocycles. The minimum atomic E-state index is -4.25. The van der Waals surface area contributed by atoms with Crippen LogP contribution in [-0.4, -0.2) is 37.2 Å². The molecular weight excluding hydrogens is 223 g/mol. The summed E-state index contributed by atoms with van der Waals surface area (Å²) in [7, 11) is -4.25. The average Bonchev–Trinajstić information content (AvgIpc) is 2.12. The van der Waals surface area contributed by atoms with Gasteiger partial charge in [-0.15, -0.1) is 0 Å². The van der Waals surface area contributed by atoms with Gasteiger partial charge in [0.1, 0.15) is 0 Å². The molecule has 6 nitrogen and oxygen atoms in total. The van der Waals surface area contributed by atoms with Crippen LogP contribution >= 0.6 is 0 Å². The lowest BCUT2D eigenvalue weighted by Gasteiger charge is -2.14. The third kappa shape index (κ3) is 7.29. The van der Waals surface area contributed by atoms with Crippen LogP contribution < -0.4 is 11.1 Å². The fourth-order valence-corrected chi connectivity index (χ4v) is 1.08. The molecule has 0 saturated heterocycles. The van der Waals surface area contributed by atoms with Crippen molar-refractivity contribution in [3.8, 4) is 0 Å². The molecule has 0 heterocycles. The van der Waals surface area contributed by atoms with Gasteiger partial charge in [0.15, 0.2) is 0 Å². The summed E-state index contributed by atoms with van der Waals surface area (Å²) in [6, 6.07) is -0.865. The number of hydrogen-bond donors (Lipinski definition) is 3. The standard InChI is InChI=1S/C8H18N2O4S/c1-6(2)7(9)8(11)10-4-3-5-15(12,13)14/h6-7H,3-5,9H2,1-2H3,(H,10,11)(H,12,13,14)/t7-/m0/s1/i4D2,8+1,11+2. The lowest BCUT2D eigenvalue weighted by molar-refractivity contribution is -0.123. The Morgan fingerprint density at radius 2 is 2.20 bits per heavy atom. The molecule has 0 aliphatic carbocycles. The van der Waals surface area contributed by atoms with Gasteiger partial charge in [-0.1, -0.05) is 13.8 Å². The quantitative estimate of drug-likeness (QED) is 0.327. The highest BCUT2D eigenvalue weighted by Gasteiger charge is 2.16. The average molecular weight is 243 g/mol. The Bertz CT molecular complexity index is 370. The van der Waals surface area contributed by atoms with Crippen LogP contribution in [0.5, 0.6) is 0 Å². The molecule has 0 aliphatic heterocycles. The highest BCUT2D eigenvalue weighted by molar-refractivity contribution is 7.85. The van der Waals surface area contributed by atoms with E-state index in [1.165, 1.54) is 0 Å². The van der Waals surface area contributed by atoms with E-state index in [1.807, 2.05) is 5.32 Å². The molecule has 0 saturated carbocycles. The van der Waals surface area contributed by atoms with Gasteiger partial charge in [0.2, 0.25) is 5.91 Å². The summed E-state index contributed by atoms with van der Waals surface area (Å²) < 4.78 is 44.1. The zero-order valence-electron chi connectivity index (χ0n) is 10.7. The number of nitrogens with two attached hydrogens (primary N) is 1. The minimum absolute atomic E-state index is 0.160. The molecule has 0 aromatic rings. The smallest absolute Gasteiger partial charge is 0.264 e. The molecule has 0 aliphatic rings. The summed E-state index contributed by atoms with van der Waals surface area (Å²) in [5, 5.41) is 2.00. The van der Waals surface area contributed by atoms with Gasteiger partial charge in [0, 0.05) is 9.24 Å². The van der Waals surface area contributed by atoms with Crippen LogP contribution in [0.15, 0.2) is 0 Å². The third-order valence-electron chi connectivity index (χ3n) is 1.72. The number of hydrogen-bond acceptors (Lipinski definition) is 4. The lowest BCUT2D eigenvalue weighted by atomic mass is 10.1. The van der Waals surface area contributed by atoms with E-state index in [2.05, 4.69) is 0 Å². The summed E-state index contributed by atoms with van der Waals surface area (Å²) in [6.45, 7) is 1.19. The second-order valence-corrected chi connectivity index (χ2v) is 5.04. The van der Waals surface area contributed by atoms with Gasteiger partial charge >= 0.3 is 0 Å². The predicted octanol–water partition coefficient (Wildman–Crippen LogP) is -0.636. The summed E-state index contributed by atoms with van der Waals surface area (Å²) >= 11 is 0. The van der Waals surface area contributed by atoms with Crippen molar-refractivity contribution in [1.29, 1.82) is 0 Å². The zero-order chi connectivity index (χ0) is 13.9. The van der Waals surface area contributed by atoms with Crippen LogP contribution in [0.3, 0.4) is 0 Å². The van der Waals surface area contributed by atoms with Crippen molar-refractivity contribution in [3.63, 3.8) is 0 Å². The molecule has 1 amide bonds. The molecule has 4 N–H and O–H groups in total. The van der Waals surface area contributed by atoms with E-state index >= 15 is 0 Å². The van der Waals surface area contributed by atoms with Crippen molar-refractivity contribution in [2.45, 2.75) is 26.3 Å². The monoisotopic (exact) mass is 243 g/mol. The first-order valence-electron chi connectivity index (χ1n) is 5.47. The van der Waals surface area contributed by atoms with Crippen LogP contribution in [0.4, 0.5) is 0 Å². The van der Waals surface area contributed by atoms with Gasteiger partial charge in [0.25, 0.3) is 10.1 Å². The molecule has 0 bridgehead atoms. The van der Waals surface area contributed by atoms with Gasteiger partial charge < -0.3 is 11.1 Å². The third-order valence-corrected chi connectivity index (χ3v) is 2.44. The van der Waals surface area contributed by atoms with Crippen LogP contribution in [0.1, 0.15) is 23.0 Å². The fraction of sp³-hybridized carbons (Fsp3) is 0.875. The van der Waals surface area contributed by atoms with Crippen molar-refractivity contribution >= 4 is 16.0 Å². The number of carbonyl (C=O) groups is 1. The second-order valence-electron chi connectivity index (χ2n) is 3.47. The molecule has 0 radical (unpaired) electrons. The first-order chi connectivity index (χ1) is 7.44. The largest absolute Gasteiger partial charge is 0.355 e. The highest BCUT2D eigenvalue weighted by Crippen LogP contribution is 1.97. The minimum Gasteiger partial charge on any atom is -0.355 e. The Labute approximate surface area is 92.8 Å². The number of nitrogens with one attached hydrogen (secondary N) is 1. The molecule has 0 spiro atoms. The first kappa shape index (κ1) is 10.8. The summed E-state index contributed by atoms with van der Waals surface area (Å²) in [6.07, 6.45) is -0.539. The summed E-state index contributed by atoms with van der Waals surface area (Å²) in [5.41, 5.74) is 5.50. The highest BCUT2D eigenvalue weighted by atomic mass is 32.2. The fourth-order valence-electron chi connectivity index (χ4n) is 0.716. The molecule has 0 fully saturated rings. The van der Waals surface area contributed by atoms with E-state index < -0.39 is 40.7 Å².